The number of aliphatic hydroxyl groups excluding tert-OH is 1. The summed E-state index contributed by atoms with van der Waals surface area (Å²) in [6.45, 7) is -0.0981. The fourth-order valence-corrected chi connectivity index (χ4v) is 1.83. The zero-order chi connectivity index (χ0) is 9.97. The highest BCUT2D eigenvalue weighted by Gasteiger charge is 2.07. The largest absolute Gasteiger partial charge is 0.389 e. The van der Waals surface area contributed by atoms with E-state index >= 15 is 0 Å². The van der Waals surface area contributed by atoms with E-state index in [1.165, 1.54) is 17.4 Å². The molecule has 0 fully saturated rings. The Morgan fingerprint density at radius 3 is 2.79 bits per heavy atom. The van der Waals surface area contributed by atoms with Crippen molar-refractivity contribution in [1.82, 2.24) is 4.98 Å². The van der Waals surface area contributed by atoms with Gasteiger partial charge in [-0.1, -0.05) is 12.1 Å². The van der Waals surface area contributed by atoms with E-state index in [-0.39, 0.29) is 12.4 Å². The van der Waals surface area contributed by atoms with Crippen LogP contribution in [0.2, 0.25) is 0 Å². The molecule has 2 aromatic rings. The van der Waals surface area contributed by atoms with E-state index in [0.29, 0.717) is 16.3 Å². The normalized spacial score (nSPS) is 10.4. The van der Waals surface area contributed by atoms with E-state index in [1.54, 1.807) is 23.6 Å². The summed E-state index contributed by atoms with van der Waals surface area (Å²) < 4.78 is 13.3. The van der Waals surface area contributed by atoms with Crippen LogP contribution in [-0.2, 0) is 6.61 Å². The number of rotatable bonds is 2. The number of benzene rings is 1. The molecule has 0 saturated carbocycles. The number of hydrogen-bond acceptors (Lipinski definition) is 3. The predicted molar refractivity (Wildman–Crippen MR) is 53.4 cm³/mol. The van der Waals surface area contributed by atoms with Crippen molar-refractivity contribution < 1.29 is 9.50 Å². The highest BCUT2D eigenvalue weighted by Crippen LogP contribution is 2.24. The van der Waals surface area contributed by atoms with Crippen molar-refractivity contribution >= 4 is 11.3 Å². The minimum Gasteiger partial charge on any atom is -0.389 e. The lowest BCUT2D eigenvalue weighted by Crippen LogP contribution is -1.85. The third-order valence-corrected chi connectivity index (χ3v) is 2.67. The summed E-state index contributed by atoms with van der Waals surface area (Å²) in [5.74, 6) is -0.290. The summed E-state index contributed by atoms with van der Waals surface area (Å²) in [4.78, 5) is 4.09. The van der Waals surface area contributed by atoms with Crippen LogP contribution in [0, 0.1) is 5.82 Å². The van der Waals surface area contributed by atoms with Gasteiger partial charge in [-0.2, -0.15) is 0 Å². The Morgan fingerprint density at radius 2 is 2.14 bits per heavy atom. The van der Waals surface area contributed by atoms with Gasteiger partial charge in [0, 0.05) is 10.9 Å². The molecule has 0 radical (unpaired) electrons. The molecule has 0 aliphatic heterocycles. The number of hydrogen-bond donors (Lipinski definition) is 1. The molecule has 14 heavy (non-hydrogen) atoms. The maximum atomic E-state index is 13.3. The molecule has 0 aliphatic carbocycles. The molecule has 72 valence electrons. The van der Waals surface area contributed by atoms with Gasteiger partial charge < -0.3 is 5.11 Å². The lowest BCUT2D eigenvalue weighted by molar-refractivity contribution is 0.281. The van der Waals surface area contributed by atoms with E-state index in [2.05, 4.69) is 4.98 Å². The molecule has 1 N–H and O–H groups in total. The number of halogens is 1. The second kappa shape index (κ2) is 3.86. The van der Waals surface area contributed by atoms with Crippen molar-refractivity contribution in [3.05, 3.63) is 40.5 Å². The molecule has 1 aromatic heterocycles. The van der Waals surface area contributed by atoms with Crippen molar-refractivity contribution in [1.29, 1.82) is 0 Å². The second-order valence-corrected chi connectivity index (χ2v) is 3.71. The van der Waals surface area contributed by atoms with Crippen molar-refractivity contribution in [3.63, 3.8) is 0 Å². The number of nitrogens with zero attached hydrogens (tertiary/aromatic N) is 1. The van der Waals surface area contributed by atoms with Crippen LogP contribution >= 0.6 is 11.3 Å². The Kier molecular flexibility index (Phi) is 2.56. The van der Waals surface area contributed by atoms with Gasteiger partial charge in [0.2, 0.25) is 0 Å². The molecule has 0 unspecified atom stereocenters. The molecule has 0 aliphatic rings. The van der Waals surface area contributed by atoms with Crippen molar-refractivity contribution in [2.24, 2.45) is 0 Å². The van der Waals surface area contributed by atoms with E-state index in [0.717, 1.165) is 0 Å². The quantitative estimate of drug-likeness (QED) is 0.824. The first-order valence-corrected chi connectivity index (χ1v) is 4.99. The van der Waals surface area contributed by atoms with Gasteiger partial charge in [-0.3, -0.25) is 0 Å². The lowest BCUT2D eigenvalue weighted by Gasteiger charge is -1.97. The Morgan fingerprint density at radius 1 is 1.36 bits per heavy atom. The smallest absolute Gasteiger partial charge is 0.132 e. The molecule has 1 aromatic carbocycles. The molecule has 1 heterocycles. The monoisotopic (exact) mass is 209 g/mol. The van der Waals surface area contributed by atoms with Gasteiger partial charge in [0.1, 0.15) is 10.8 Å². The average Bonchev–Trinajstić information content (AvgIpc) is 2.67. The molecule has 2 rings (SSSR count). The van der Waals surface area contributed by atoms with Crippen molar-refractivity contribution in [2.75, 3.05) is 0 Å². The van der Waals surface area contributed by atoms with Gasteiger partial charge in [0.25, 0.3) is 0 Å². The summed E-state index contributed by atoms with van der Waals surface area (Å²) in [6.07, 6.45) is 0. The van der Waals surface area contributed by atoms with E-state index in [4.69, 9.17) is 5.11 Å². The molecule has 0 amide bonds. The Balaban J connectivity index is 2.44. The maximum absolute atomic E-state index is 13.3. The van der Waals surface area contributed by atoms with E-state index in [1.807, 2.05) is 0 Å². The summed E-state index contributed by atoms with van der Waals surface area (Å²) in [5, 5.41) is 11.2. The lowest BCUT2D eigenvalue weighted by atomic mass is 10.2. The Labute approximate surface area is 84.7 Å². The molecule has 4 heteroatoms. The summed E-state index contributed by atoms with van der Waals surface area (Å²) in [5.41, 5.74) is 1.06. The van der Waals surface area contributed by atoms with Crippen LogP contribution in [0.4, 0.5) is 4.39 Å². The second-order valence-electron chi connectivity index (χ2n) is 2.76. The fraction of sp³-hybridized carbons (Fsp3) is 0.100. The predicted octanol–water partition coefficient (Wildman–Crippen LogP) is 2.44. The topological polar surface area (TPSA) is 33.1 Å². The fourth-order valence-electron chi connectivity index (χ4n) is 1.18. The van der Waals surface area contributed by atoms with Crippen LogP contribution in [0.15, 0.2) is 29.6 Å². The Hall–Kier alpha value is -1.26. The highest BCUT2D eigenvalue weighted by atomic mass is 32.1. The molecule has 0 atom stereocenters. The van der Waals surface area contributed by atoms with E-state index in [9.17, 15) is 4.39 Å². The van der Waals surface area contributed by atoms with Crippen molar-refractivity contribution in [2.45, 2.75) is 6.61 Å². The average molecular weight is 209 g/mol. The van der Waals surface area contributed by atoms with Gasteiger partial charge >= 0.3 is 0 Å². The molecule has 0 spiro atoms. The van der Waals surface area contributed by atoms with Gasteiger partial charge in [0.15, 0.2) is 0 Å². The first kappa shape index (κ1) is 9.30. The zero-order valence-electron chi connectivity index (χ0n) is 7.27. The minimum atomic E-state index is -0.290. The molecular formula is C10H8FNOS. The number of thiazole rings is 1. The van der Waals surface area contributed by atoms with Crippen LogP contribution in [-0.4, -0.2) is 10.1 Å². The van der Waals surface area contributed by atoms with Crippen LogP contribution in [0.1, 0.15) is 5.01 Å². The van der Waals surface area contributed by atoms with Crippen LogP contribution < -0.4 is 0 Å². The molecule has 0 bridgehead atoms. The van der Waals surface area contributed by atoms with Crippen LogP contribution in [0.5, 0.6) is 0 Å². The third-order valence-electron chi connectivity index (χ3n) is 1.84. The van der Waals surface area contributed by atoms with Crippen molar-refractivity contribution in [3.8, 4) is 11.3 Å². The van der Waals surface area contributed by atoms with E-state index < -0.39 is 0 Å². The summed E-state index contributed by atoms with van der Waals surface area (Å²) in [6, 6.07) is 6.47. The summed E-state index contributed by atoms with van der Waals surface area (Å²) >= 11 is 1.33. The van der Waals surface area contributed by atoms with Gasteiger partial charge in [0.05, 0.1) is 12.3 Å². The number of aromatic nitrogens is 1. The summed E-state index contributed by atoms with van der Waals surface area (Å²) in [7, 11) is 0. The standard InChI is InChI=1S/C10H8FNOS/c11-8-4-2-1-3-7(8)9-6-14-10(5-13)12-9/h1-4,6,13H,5H2. The van der Waals surface area contributed by atoms with Gasteiger partial charge in [-0.25, -0.2) is 9.37 Å². The SMILES string of the molecule is OCc1nc(-c2ccccc2F)cs1. The Bertz CT molecular complexity index is 441. The molecule has 2 nitrogen and oxygen atoms in total. The maximum Gasteiger partial charge on any atom is 0.132 e. The third kappa shape index (κ3) is 1.66. The van der Waals surface area contributed by atoms with Crippen LogP contribution in [0.3, 0.4) is 0 Å². The first-order valence-electron chi connectivity index (χ1n) is 4.11. The first-order chi connectivity index (χ1) is 6.81. The zero-order valence-corrected chi connectivity index (χ0v) is 8.09. The molecule has 0 saturated heterocycles. The number of aliphatic hydroxyl groups is 1. The highest BCUT2D eigenvalue weighted by molar-refractivity contribution is 7.09. The minimum absolute atomic E-state index is 0.0981. The van der Waals surface area contributed by atoms with Gasteiger partial charge in [-0.05, 0) is 12.1 Å². The molecular weight excluding hydrogens is 201 g/mol. The van der Waals surface area contributed by atoms with Gasteiger partial charge in [-0.15, -0.1) is 11.3 Å². The van der Waals surface area contributed by atoms with Crippen LogP contribution in [0.25, 0.3) is 11.3 Å².